The third-order valence-electron chi connectivity index (χ3n) is 4.12. The van der Waals surface area contributed by atoms with E-state index in [1.54, 1.807) is 18.3 Å². The molecular formula is C17H21FN4. The van der Waals surface area contributed by atoms with E-state index in [4.69, 9.17) is 5.73 Å². The van der Waals surface area contributed by atoms with Gasteiger partial charge in [0, 0.05) is 24.6 Å². The molecule has 3 rings (SSSR count). The lowest BCUT2D eigenvalue weighted by atomic mass is 10.1. The predicted molar refractivity (Wildman–Crippen MR) is 86.2 cm³/mol. The minimum Gasteiger partial charge on any atom is -0.381 e. The number of benzene rings is 1. The Kier molecular flexibility index (Phi) is 4.63. The summed E-state index contributed by atoms with van der Waals surface area (Å²) in [6.45, 7) is 1.11. The van der Waals surface area contributed by atoms with E-state index in [2.05, 4.69) is 15.3 Å². The van der Waals surface area contributed by atoms with Gasteiger partial charge >= 0.3 is 0 Å². The summed E-state index contributed by atoms with van der Waals surface area (Å²) in [5.74, 6) is 0.956. The lowest BCUT2D eigenvalue weighted by Gasteiger charge is -2.15. The number of nitrogens with one attached hydrogen (secondary N) is 1. The third-order valence-corrected chi connectivity index (χ3v) is 4.12. The van der Waals surface area contributed by atoms with Crippen LogP contribution in [0.5, 0.6) is 0 Å². The third kappa shape index (κ3) is 3.09. The van der Waals surface area contributed by atoms with Crippen LogP contribution >= 0.6 is 0 Å². The zero-order chi connectivity index (χ0) is 15.4. The number of hydrogen-bond donors (Lipinski definition) is 2. The molecule has 1 aliphatic carbocycles. The van der Waals surface area contributed by atoms with Crippen molar-refractivity contribution >= 4 is 5.69 Å². The summed E-state index contributed by atoms with van der Waals surface area (Å²) >= 11 is 0. The van der Waals surface area contributed by atoms with Gasteiger partial charge in [-0.1, -0.05) is 25.0 Å². The molecule has 1 aromatic carbocycles. The minimum atomic E-state index is -0.269. The summed E-state index contributed by atoms with van der Waals surface area (Å²) in [6, 6.07) is 6.72. The quantitative estimate of drug-likeness (QED) is 0.889. The summed E-state index contributed by atoms with van der Waals surface area (Å²) in [5, 5.41) is 3.19. The number of nitrogens with two attached hydrogens (primary N) is 1. The van der Waals surface area contributed by atoms with E-state index in [9.17, 15) is 4.39 Å². The van der Waals surface area contributed by atoms with Gasteiger partial charge in [0.2, 0.25) is 0 Å². The maximum absolute atomic E-state index is 14.2. The van der Waals surface area contributed by atoms with Crippen molar-refractivity contribution in [2.24, 2.45) is 5.73 Å². The molecule has 4 nitrogen and oxygen atoms in total. The van der Waals surface area contributed by atoms with Gasteiger partial charge in [0.15, 0.2) is 0 Å². The van der Waals surface area contributed by atoms with Gasteiger partial charge in [-0.2, -0.15) is 0 Å². The lowest BCUT2D eigenvalue weighted by molar-refractivity contribution is 0.629. The standard InChI is InChI=1S/C17H21FN4/c18-14-8-4-3-7-13(14)16-15(20-10-9-19)11-21-17(22-16)12-5-1-2-6-12/h3-4,7-8,11-12,20H,1-2,5-6,9-10,19H2. The van der Waals surface area contributed by atoms with Crippen molar-refractivity contribution in [3.8, 4) is 11.3 Å². The normalized spacial score (nSPS) is 15.2. The fourth-order valence-corrected chi connectivity index (χ4v) is 2.97. The van der Waals surface area contributed by atoms with Crippen LogP contribution in [0.3, 0.4) is 0 Å². The Labute approximate surface area is 130 Å². The summed E-state index contributed by atoms with van der Waals surface area (Å²) in [6.07, 6.45) is 6.43. The van der Waals surface area contributed by atoms with E-state index < -0.39 is 0 Å². The largest absolute Gasteiger partial charge is 0.381 e. The summed E-state index contributed by atoms with van der Waals surface area (Å²) in [7, 11) is 0. The van der Waals surface area contributed by atoms with E-state index in [0.29, 0.717) is 30.3 Å². The molecule has 2 aromatic rings. The molecule has 22 heavy (non-hydrogen) atoms. The van der Waals surface area contributed by atoms with Gasteiger partial charge < -0.3 is 11.1 Å². The molecular weight excluding hydrogens is 279 g/mol. The molecule has 0 amide bonds. The average molecular weight is 300 g/mol. The first kappa shape index (κ1) is 14.9. The van der Waals surface area contributed by atoms with E-state index in [1.165, 1.54) is 18.9 Å². The number of aromatic nitrogens is 2. The molecule has 3 N–H and O–H groups in total. The SMILES string of the molecule is NCCNc1cnc(C2CCCC2)nc1-c1ccccc1F. The Morgan fingerprint density at radius 1 is 1.23 bits per heavy atom. The van der Waals surface area contributed by atoms with Gasteiger partial charge in [0.25, 0.3) is 0 Å². The Hall–Kier alpha value is -2.01. The van der Waals surface area contributed by atoms with E-state index in [-0.39, 0.29) is 5.82 Å². The maximum Gasteiger partial charge on any atom is 0.132 e. The second-order valence-corrected chi connectivity index (χ2v) is 5.67. The molecule has 0 atom stereocenters. The Morgan fingerprint density at radius 3 is 2.73 bits per heavy atom. The first-order valence-corrected chi connectivity index (χ1v) is 7.85. The Balaban J connectivity index is 2.02. The average Bonchev–Trinajstić information content (AvgIpc) is 3.08. The molecule has 1 saturated carbocycles. The van der Waals surface area contributed by atoms with Crippen molar-refractivity contribution in [2.75, 3.05) is 18.4 Å². The number of anilines is 1. The van der Waals surface area contributed by atoms with Crippen molar-refractivity contribution < 1.29 is 4.39 Å². The van der Waals surface area contributed by atoms with Crippen LogP contribution in [0.15, 0.2) is 30.5 Å². The molecule has 1 aromatic heterocycles. The molecule has 0 spiro atoms. The van der Waals surface area contributed by atoms with E-state index in [1.807, 2.05) is 6.07 Å². The highest BCUT2D eigenvalue weighted by Gasteiger charge is 2.22. The number of nitrogens with zero attached hydrogens (tertiary/aromatic N) is 2. The highest BCUT2D eigenvalue weighted by molar-refractivity contribution is 5.74. The van der Waals surface area contributed by atoms with E-state index in [0.717, 1.165) is 24.4 Å². The molecule has 0 unspecified atom stereocenters. The fraction of sp³-hybridized carbons (Fsp3) is 0.412. The van der Waals surface area contributed by atoms with Crippen molar-refractivity contribution in [1.82, 2.24) is 9.97 Å². The second kappa shape index (κ2) is 6.83. The fourth-order valence-electron chi connectivity index (χ4n) is 2.97. The highest BCUT2D eigenvalue weighted by atomic mass is 19.1. The lowest BCUT2D eigenvalue weighted by Crippen LogP contribution is -2.15. The molecule has 0 radical (unpaired) electrons. The number of halogens is 1. The van der Waals surface area contributed by atoms with Crippen LogP contribution in [-0.2, 0) is 0 Å². The molecule has 1 aliphatic rings. The molecule has 0 saturated heterocycles. The minimum absolute atomic E-state index is 0.269. The zero-order valence-electron chi connectivity index (χ0n) is 12.6. The molecule has 5 heteroatoms. The van der Waals surface area contributed by atoms with Crippen LogP contribution in [0.25, 0.3) is 11.3 Å². The highest BCUT2D eigenvalue weighted by Crippen LogP contribution is 2.35. The summed E-state index contributed by atoms with van der Waals surface area (Å²) < 4.78 is 14.2. The molecule has 1 heterocycles. The van der Waals surface area contributed by atoms with Gasteiger partial charge in [-0.3, -0.25) is 0 Å². The van der Waals surface area contributed by atoms with Crippen molar-refractivity contribution in [2.45, 2.75) is 31.6 Å². The first-order chi connectivity index (χ1) is 10.8. The van der Waals surface area contributed by atoms with Crippen molar-refractivity contribution in [3.63, 3.8) is 0 Å². The topological polar surface area (TPSA) is 63.8 Å². The van der Waals surface area contributed by atoms with E-state index >= 15 is 0 Å². The van der Waals surface area contributed by atoms with Crippen LogP contribution in [0, 0.1) is 5.82 Å². The van der Waals surface area contributed by atoms with Crippen LogP contribution in [-0.4, -0.2) is 23.1 Å². The van der Waals surface area contributed by atoms with Crippen molar-refractivity contribution in [3.05, 3.63) is 42.1 Å². The van der Waals surface area contributed by atoms with Gasteiger partial charge in [0.05, 0.1) is 11.9 Å². The van der Waals surface area contributed by atoms with Gasteiger partial charge in [0.1, 0.15) is 17.3 Å². The monoisotopic (exact) mass is 300 g/mol. The van der Waals surface area contributed by atoms with Crippen molar-refractivity contribution in [1.29, 1.82) is 0 Å². The maximum atomic E-state index is 14.2. The first-order valence-electron chi connectivity index (χ1n) is 7.85. The Bertz CT molecular complexity index is 638. The van der Waals surface area contributed by atoms with Gasteiger partial charge in [-0.05, 0) is 25.0 Å². The molecule has 0 aliphatic heterocycles. The van der Waals surface area contributed by atoms with Crippen LogP contribution in [0.2, 0.25) is 0 Å². The number of hydrogen-bond acceptors (Lipinski definition) is 4. The zero-order valence-corrected chi connectivity index (χ0v) is 12.6. The number of rotatable bonds is 5. The molecule has 1 fully saturated rings. The second-order valence-electron chi connectivity index (χ2n) is 5.67. The Morgan fingerprint density at radius 2 is 2.00 bits per heavy atom. The van der Waals surface area contributed by atoms with Crippen LogP contribution in [0.4, 0.5) is 10.1 Å². The smallest absolute Gasteiger partial charge is 0.132 e. The predicted octanol–water partition coefficient (Wildman–Crippen LogP) is 3.31. The summed E-state index contributed by atoms with van der Waals surface area (Å²) in [5.41, 5.74) is 7.41. The molecule has 0 bridgehead atoms. The van der Waals surface area contributed by atoms with Crippen LogP contribution < -0.4 is 11.1 Å². The van der Waals surface area contributed by atoms with Gasteiger partial charge in [-0.15, -0.1) is 0 Å². The van der Waals surface area contributed by atoms with Crippen LogP contribution in [0.1, 0.15) is 37.4 Å². The molecule has 116 valence electrons. The van der Waals surface area contributed by atoms with Gasteiger partial charge in [-0.25, -0.2) is 14.4 Å². The summed E-state index contributed by atoms with van der Waals surface area (Å²) in [4.78, 5) is 9.18.